The lowest BCUT2D eigenvalue weighted by molar-refractivity contribution is -0.107. The molecule has 0 aliphatic carbocycles. The van der Waals surface area contributed by atoms with Crippen LogP contribution < -0.4 is 0 Å². The predicted molar refractivity (Wildman–Crippen MR) is 40.6 cm³/mol. The molecule has 0 aromatic heterocycles. The van der Waals surface area contributed by atoms with Crippen molar-refractivity contribution in [3.05, 3.63) is 24.3 Å². The number of rotatable bonds is 4. The normalized spacial score (nSPS) is 14.4. The van der Waals surface area contributed by atoms with E-state index in [1.165, 1.54) is 0 Å². The third kappa shape index (κ3) is 3.20. The zero-order valence-electron chi connectivity index (χ0n) is 6.08. The Hall–Kier alpha value is -0.890. The van der Waals surface area contributed by atoms with Crippen LogP contribution in [0, 0.1) is 0 Å². The van der Waals surface area contributed by atoms with Crippen molar-refractivity contribution in [3.8, 4) is 0 Å². The average Bonchev–Trinajstić information content (AvgIpc) is 1.87. The molecule has 0 bridgehead atoms. The first-order chi connectivity index (χ1) is 4.72. The Morgan fingerprint density at radius 3 is 2.70 bits per heavy atom. The molecule has 10 heavy (non-hydrogen) atoms. The summed E-state index contributed by atoms with van der Waals surface area (Å²) in [6.07, 6.45) is 3.71. The molecule has 0 spiro atoms. The smallest absolute Gasteiger partial charge is 0.124 e. The number of hydrogen-bond donors (Lipinski definition) is 1. The van der Waals surface area contributed by atoms with Gasteiger partial charge in [-0.1, -0.05) is 18.7 Å². The lowest BCUT2D eigenvalue weighted by Gasteiger charge is -2.04. The summed E-state index contributed by atoms with van der Waals surface area (Å²) in [5, 5.41) is 9.00. The highest BCUT2D eigenvalue weighted by Gasteiger charge is 2.01. The summed E-state index contributed by atoms with van der Waals surface area (Å²) in [4.78, 5) is 10.0. The molecule has 2 heteroatoms. The largest absolute Gasteiger partial charge is 0.389 e. The van der Waals surface area contributed by atoms with E-state index in [4.69, 9.17) is 5.11 Å². The lowest BCUT2D eigenvalue weighted by Crippen LogP contribution is -2.04. The summed E-state index contributed by atoms with van der Waals surface area (Å²) in [6.45, 7) is 5.09. The molecular formula is C8H12O2. The minimum atomic E-state index is -0.553. The van der Waals surface area contributed by atoms with Crippen LogP contribution in [0.15, 0.2) is 24.3 Å². The zero-order valence-corrected chi connectivity index (χ0v) is 6.08. The molecule has 0 heterocycles. The van der Waals surface area contributed by atoms with E-state index in [0.717, 1.165) is 6.29 Å². The minimum Gasteiger partial charge on any atom is -0.389 e. The van der Waals surface area contributed by atoms with Gasteiger partial charge in [-0.2, -0.15) is 0 Å². The van der Waals surface area contributed by atoms with Crippen molar-refractivity contribution in [1.82, 2.24) is 0 Å². The second-order valence-corrected chi connectivity index (χ2v) is 2.02. The van der Waals surface area contributed by atoms with Crippen LogP contribution in [-0.4, -0.2) is 17.5 Å². The maximum Gasteiger partial charge on any atom is 0.124 e. The van der Waals surface area contributed by atoms with Crippen molar-refractivity contribution < 1.29 is 9.90 Å². The molecule has 0 aromatic carbocycles. The maximum absolute atomic E-state index is 10.0. The van der Waals surface area contributed by atoms with Gasteiger partial charge < -0.3 is 9.90 Å². The molecule has 0 aliphatic rings. The summed E-state index contributed by atoms with van der Waals surface area (Å²) in [5.41, 5.74) is 0.699. The van der Waals surface area contributed by atoms with Crippen LogP contribution in [0.1, 0.15) is 13.3 Å². The molecule has 0 radical (unpaired) electrons. The first-order valence-electron chi connectivity index (χ1n) is 3.15. The molecule has 0 rings (SSSR count). The van der Waals surface area contributed by atoms with Crippen LogP contribution in [0.25, 0.3) is 0 Å². The van der Waals surface area contributed by atoms with Gasteiger partial charge in [0.25, 0.3) is 0 Å². The fraction of sp³-hybridized carbons (Fsp3) is 0.375. The van der Waals surface area contributed by atoms with Crippen molar-refractivity contribution in [2.24, 2.45) is 0 Å². The topological polar surface area (TPSA) is 37.3 Å². The number of aldehydes is 1. The SMILES string of the molecule is C=CC=C(CC=O)C(C)O. The van der Waals surface area contributed by atoms with E-state index < -0.39 is 6.10 Å². The summed E-state index contributed by atoms with van der Waals surface area (Å²) >= 11 is 0. The molecule has 2 nitrogen and oxygen atoms in total. The Kier molecular flexibility index (Phi) is 4.50. The minimum absolute atomic E-state index is 0.281. The van der Waals surface area contributed by atoms with Crippen LogP contribution in [0.2, 0.25) is 0 Å². The number of aliphatic hydroxyl groups is 1. The number of carbonyl (C=O) groups excluding carboxylic acids is 1. The predicted octanol–water partition coefficient (Wildman–Crippen LogP) is 1.07. The van der Waals surface area contributed by atoms with Gasteiger partial charge in [-0.15, -0.1) is 0 Å². The fourth-order valence-electron chi connectivity index (χ4n) is 0.625. The zero-order chi connectivity index (χ0) is 7.98. The van der Waals surface area contributed by atoms with Crippen LogP contribution in [0.4, 0.5) is 0 Å². The lowest BCUT2D eigenvalue weighted by atomic mass is 10.1. The first-order valence-corrected chi connectivity index (χ1v) is 3.15. The number of allylic oxidation sites excluding steroid dienone is 2. The molecular weight excluding hydrogens is 128 g/mol. The molecule has 1 atom stereocenters. The molecule has 0 amide bonds. The highest BCUT2D eigenvalue weighted by Crippen LogP contribution is 2.04. The van der Waals surface area contributed by atoms with E-state index in [1.807, 2.05) is 0 Å². The summed E-state index contributed by atoms with van der Waals surface area (Å²) in [6, 6.07) is 0. The van der Waals surface area contributed by atoms with Gasteiger partial charge in [0.15, 0.2) is 0 Å². The Bertz CT molecular complexity index is 145. The maximum atomic E-state index is 10.0. The van der Waals surface area contributed by atoms with Crippen molar-refractivity contribution >= 4 is 6.29 Å². The molecule has 1 unspecified atom stereocenters. The second-order valence-electron chi connectivity index (χ2n) is 2.02. The highest BCUT2D eigenvalue weighted by molar-refractivity contribution is 5.55. The van der Waals surface area contributed by atoms with Gasteiger partial charge in [-0.25, -0.2) is 0 Å². The van der Waals surface area contributed by atoms with Gasteiger partial charge in [0.05, 0.1) is 6.10 Å². The van der Waals surface area contributed by atoms with E-state index in [9.17, 15) is 4.79 Å². The third-order valence-electron chi connectivity index (χ3n) is 1.19. The van der Waals surface area contributed by atoms with Crippen molar-refractivity contribution in [2.45, 2.75) is 19.4 Å². The number of aliphatic hydroxyl groups excluding tert-OH is 1. The fourth-order valence-corrected chi connectivity index (χ4v) is 0.625. The van der Waals surface area contributed by atoms with Crippen LogP contribution in [0.3, 0.4) is 0 Å². The van der Waals surface area contributed by atoms with Gasteiger partial charge in [0, 0.05) is 6.42 Å². The Morgan fingerprint density at radius 1 is 1.80 bits per heavy atom. The molecule has 1 N–H and O–H groups in total. The third-order valence-corrected chi connectivity index (χ3v) is 1.19. The van der Waals surface area contributed by atoms with Gasteiger partial charge in [0.1, 0.15) is 6.29 Å². The number of carbonyl (C=O) groups is 1. The molecule has 0 fully saturated rings. The summed E-state index contributed by atoms with van der Waals surface area (Å²) < 4.78 is 0. The Balaban J connectivity index is 4.09. The van der Waals surface area contributed by atoms with E-state index in [2.05, 4.69) is 6.58 Å². The molecule has 0 aliphatic heterocycles. The van der Waals surface area contributed by atoms with Crippen LogP contribution in [0.5, 0.6) is 0 Å². The second kappa shape index (κ2) is 4.94. The average molecular weight is 140 g/mol. The van der Waals surface area contributed by atoms with Crippen LogP contribution in [-0.2, 0) is 4.79 Å². The van der Waals surface area contributed by atoms with Crippen LogP contribution >= 0.6 is 0 Å². The molecule has 56 valence electrons. The summed E-state index contributed by atoms with van der Waals surface area (Å²) in [5.74, 6) is 0. The molecule has 0 aromatic rings. The van der Waals surface area contributed by atoms with Gasteiger partial charge >= 0.3 is 0 Å². The van der Waals surface area contributed by atoms with Gasteiger partial charge in [-0.05, 0) is 12.5 Å². The highest BCUT2D eigenvalue weighted by atomic mass is 16.3. The van der Waals surface area contributed by atoms with Crippen molar-refractivity contribution in [3.63, 3.8) is 0 Å². The van der Waals surface area contributed by atoms with Crippen molar-refractivity contribution in [2.75, 3.05) is 0 Å². The number of hydrogen-bond acceptors (Lipinski definition) is 2. The van der Waals surface area contributed by atoms with Crippen molar-refractivity contribution in [1.29, 1.82) is 0 Å². The Morgan fingerprint density at radius 2 is 2.40 bits per heavy atom. The summed E-state index contributed by atoms with van der Waals surface area (Å²) in [7, 11) is 0. The first kappa shape index (κ1) is 9.11. The monoisotopic (exact) mass is 140 g/mol. The Labute approximate surface area is 60.9 Å². The van der Waals surface area contributed by atoms with Gasteiger partial charge in [0.2, 0.25) is 0 Å². The quantitative estimate of drug-likeness (QED) is 0.468. The van der Waals surface area contributed by atoms with E-state index >= 15 is 0 Å². The van der Waals surface area contributed by atoms with E-state index in [-0.39, 0.29) is 6.42 Å². The van der Waals surface area contributed by atoms with E-state index in [1.54, 1.807) is 19.1 Å². The van der Waals surface area contributed by atoms with E-state index in [0.29, 0.717) is 5.57 Å². The standard InChI is InChI=1S/C8H12O2/c1-3-4-8(5-6-9)7(2)10/h3-4,6-7,10H,1,5H2,2H3. The molecule has 0 saturated heterocycles. The van der Waals surface area contributed by atoms with Gasteiger partial charge in [-0.3, -0.25) is 0 Å². The molecule has 0 saturated carbocycles.